The van der Waals surface area contributed by atoms with Gasteiger partial charge in [-0.3, -0.25) is 0 Å². The number of rotatable bonds is 7. The van der Waals surface area contributed by atoms with Gasteiger partial charge in [0.2, 0.25) is 0 Å². The van der Waals surface area contributed by atoms with Crippen LogP contribution in [0.5, 0.6) is 0 Å². The second-order valence-electron chi connectivity index (χ2n) is 4.28. The fourth-order valence-corrected chi connectivity index (χ4v) is 1.89. The summed E-state index contributed by atoms with van der Waals surface area (Å²) in [6.45, 7) is 3.08. The molecule has 0 bridgehead atoms. The van der Waals surface area contributed by atoms with Crippen molar-refractivity contribution in [3.05, 3.63) is 24.0 Å². The second kappa shape index (κ2) is 7.12. The van der Waals surface area contributed by atoms with E-state index >= 15 is 0 Å². The predicted octanol–water partition coefficient (Wildman–Crippen LogP) is 2.62. The summed E-state index contributed by atoms with van der Waals surface area (Å²) in [5.74, 6) is 0.1000. The monoisotopic (exact) mass is 240 g/mol. The van der Waals surface area contributed by atoms with E-state index in [9.17, 15) is 4.39 Å². The van der Waals surface area contributed by atoms with E-state index in [1.54, 1.807) is 6.07 Å². The molecule has 4 N–H and O–H groups in total. The molecule has 0 fully saturated rings. The van der Waals surface area contributed by atoms with Gasteiger partial charge in [-0.25, -0.2) is 4.39 Å². The lowest BCUT2D eigenvalue weighted by molar-refractivity contribution is 0.255. The molecule has 17 heavy (non-hydrogen) atoms. The average molecular weight is 240 g/mol. The smallest absolute Gasteiger partial charge is 0.125 e. The first-order chi connectivity index (χ1) is 8.17. The molecule has 0 aliphatic rings. The van der Waals surface area contributed by atoms with Crippen LogP contribution in [0, 0.1) is 11.7 Å². The lowest BCUT2D eigenvalue weighted by atomic mass is 10.00. The predicted molar refractivity (Wildman–Crippen MR) is 69.4 cm³/mol. The normalized spacial score (nSPS) is 12.4. The van der Waals surface area contributed by atoms with Crippen molar-refractivity contribution in [2.45, 2.75) is 26.2 Å². The van der Waals surface area contributed by atoms with Crippen LogP contribution >= 0.6 is 0 Å². The molecule has 3 nitrogen and oxygen atoms in total. The number of hydrogen-bond acceptors (Lipinski definition) is 3. The van der Waals surface area contributed by atoms with Crippen LogP contribution in [0.1, 0.15) is 26.2 Å². The number of nitrogen functional groups attached to an aromatic ring is 1. The Kier molecular flexibility index (Phi) is 5.77. The Bertz CT molecular complexity index is 338. The summed E-state index contributed by atoms with van der Waals surface area (Å²) in [5, 5.41) is 12.2. The molecule has 4 heteroatoms. The SMILES string of the molecule is CCCC(CCO)CNc1ccc(F)cc1N. The van der Waals surface area contributed by atoms with Crippen molar-refractivity contribution >= 4 is 11.4 Å². The molecule has 0 spiro atoms. The number of aliphatic hydroxyl groups is 1. The van der Waals surface area contributed by atoms with E-state index in [0.717, 1.165) is 31.5 Å². The van der Waals surface area contributed by atoms with Gasteiger partial charge >= 0.3 is 0 Å². The van der Waals surface area contributed by atoms with Crippen molar-refractivity contribution in [1.29, 1.82) is 0 Å². The minimum Gasteiger partial charge on any atom is -0.397 e. The van der Waals surface area contributed by atoms with Crippen molar-refractivity contribution < 1.29 is 9.50 Å². The number of aliphatic hydroxyl groups excluding tert-OH is 1. The van der Waals surface area contributed by atoms with E-state index in [2.05, 4.69) is 12.2 Å². The zero-order valence-electron chi connectivity index (χ0n) is 10.2. The summed E-state index contributed by atoms with van der Waals surface area (Å²) in [6, 6.07) is 4.34. The van der Waals surface area contributed by atoms with E-state index in [1.165, 1.54) is 12.1 Å². The number of nitrogens with one attached hydrogen (secondary N) is 1. The van der Waals surface area contributed by atoms with Gasteiger partial charge in [0.15, 0.2) is 0 Å². The molecular weight excluding hydrogens is 219 g/mol. The van der Waals surface area contributed by atoms with Gasteiger partial charge in [0.25, 0.3) is 0 Å². The minimum atomic E-state index is -0.325. The lowest BCUT2D eigenvalue weighted by Gasteiger charge is -2.17. The van der Waals surface area contributed by atoms with Crippen LogP contribution in [0.25, 0.3) is 0 Å². The maximum absolute atomic E-state index is 12.8. The van der Waals surface area contributed by atoms with E-state index in [4.69, 9.17) is 10.8 Å². The second-order valence-corrected chi connectivity index (χ2v) is 4.28. The molecular formula is C13H21FN2O. The third-order valence-electron chi connectivity index (χ3n) is 2.83. The van der Waals surface area contributed by atoms with Gasteiger partial charge in [-0.1, -0.05) is 13.3 Å². The van der Waals surface area contributed by atoms with Crippen molar-refractivity contribution in [3.8, 4) is 0 Å². The molecule has 0 saturated heterocycles. The van der Waals surface area contributed by atoms with E-state index < -0.39 is 0 Å². The zero-order valence-corrected chi connectivity index (χ0v) is 10.2. The van der Waals surface area contributed by atoms with Crippen LogP contribution in [0.4, 0.5) is 15.8 Å². The maximum atomic E-state index is 12.8. The first kappa shape index (κ1) is 13.8. The molecule has 0 heterocycles. The molecule has 0 amide bonds. The highest BCUT2D eigenvalue weighted by molar-refractivity contribution is 5.65. The van der Waals surface area contributed by atoms with E-state index in [0.29, 0.717) is 11.6 Å². The zero-order chi connectivity index (χ0) is 12.7. The van der Waals surface area contributed by atoms with Crippen LogP contribution in [0.2, 0.25) is 0 Å². The van der Waals surface area contributed by atoms with Gasteiger partial charge in [0, 0.05) is 13.2 Å². The molecule has 96 valence electrons. The molecule has 1 atom stereocenters. The molecule has 1 aromatic carbocycles. The molecule has 0 radical (unpaired) electrons. The third-order valence-corrected chi connectivity index (χ3v) is 2.83. The highest BCUT2D eigenvalue weighted by atomic mass is 19.1. The Morgan fingerprint density at radius 3 is 2.76 bits per heavy atom. The Hall–Kier alpha value is -1.29. The van der Waals surface area contributed by atoms with Crippen molar-refractivity contribution in [1.82, 2.24) is 0 Å². The molecule has 1 rings (SSSR count). The largest absolute Gasteiger partial charge is 0.397 e. The molecule has 1 unspecified atom stereocenters. The fourth-order valence-electron chi connectivity index (χ4n) is 1.89. The van der Waals surface area contributed by atoms with Crippen LogP contribution in [0.3, 0.4) is 0 Å². The van der Waals surface area contributed by atoms with E-state index in [1.807, 2.05) is 0 Å². The Labute approximate surface area is 102 Å². The summed E-state index contributed by atoms with van der Waals surface area (Å²) >= 11 is 0. The molecule has 0 aromatic heterocycles. The van der Waals surface area contributed by atoms with Gasteiger partial charge in [0.1, 0.15) is 5.82 Å². The number of hydrogen-bond donors (Lipinski definition) is 3. The van der Waals surface area contributed by atoms with Gasteiger partial charge in [0.05, 0.1) is 11.4 Å². The van der Waals surface area contributed by atoms with Crippen LogP contribution in [-0.4, -0.2) is 18.3 Å². The Morgan fingerprint density at radius 1 is 1.41 bits per heavy atom. The summed E-state index contributed by atoms with van der Waals surface area (Å²) in [7, 11) is 0. The minimum absolute atomic E-state index is 0.200. The van der Waals surface area contributed by atoms with E-state index in [-0.39, 0.29) is 12.4 Å². The van der Waals surface area contributed by atoms with Crippen molar-refractivity contribution in [3.63, 3.8) is 0 Å². The van der Waals surface area contributed by atoms with Gasteiger partial charge < -0.3 is 16.2 Å². The lowest BCUT2D eigenvalue weighted by Crippen LogP contribution is -2.16. The first-order valence-electron chi connectivity index (χ1n) is 6.07. The standard InChI is InChI=1S/C13H21FN2O/c1-2-3-10(6-7-17)9-16-13-5-4-11(14)8-12(13)15/h4-5,8,10,16-17H,2-3,6-7,9,15H2,1H3. The van der Waals surface area contributed by atoms with Crippen LogP contribution in [-0.2, 0) is 0 Å². The number of benzene rings is 1. The third kappa shape index (κ3) is 4.61. The highest BCUT2D eigenvalue weighted by Gasteiger charge is 2.08. The van der Waals surface area contributed by atoms with Gasteiger partial charge in [-0.2, -0.15) is 0 Å². The quantitative estimate of drug-likeness (QED) is 0.642. The molecule has 1 aromatic rings. The fraction of sp³-hybridized carbons (Fsp3) is 0.538. The van der Waals surface area contributed by atoms with Crippen LogP contribution in [0.15, 0.2) is 18.2 Å². The Balaban J connectivity index is 2.52. The molecule has 0 aliphatic carbocycles. The molecule has 0 aliphatic heterocycles. The van der Waals surface area contributed by atoms with Crippen LogP contribution < -0.4 is 11.1 Å². The summed E-state index contributed by atoms with van der Waals surface area (Å²) in [4.78, 5) is 0. The number of anilines is 2. The van der Waals surface area contributed by atoms with Crippen molar-refractivity contribution in [2.24, 2.45) is 5.92 Å². The van der Waals surface area contributed by atoms with Gasteiger partial charge in [-0.05, 0) is 37.0 Å². The summed E-state index contributed by atoms with van der Waals surface area (Å²) in [6.07, 6.45) is 2.93. The number of halogens is 1. The van der Waals surface area contributed by atoms with Gasteiger partial charge in [-0.15, -0.1) is 0 Å². The number of nitrogens with two attached hydrogens (primary N) is 1. The topological polar surface area (TPSA) is 58.3 Å². The summed E-state index contributed by atoms with van der Waals surface area (Å²) in [5.41, 5.74) is 6.88. The van der Waals surface area contributed by atoms with Crippen molar-refractivity contribution in [2.75, 3.05) is 24.2 Å². The Morgan fingerprint density at radius 2 is 2.18 bits per heavy atom. The average Bonchev–Trinajstić information content (AvgIpc) is 2.28. The molecule has 0 saturated carbocycles. The maximum Gasteiger partial charge on any atom is 0.125 e. The first-order valence-corrected chi connectivity index (χ1v) is 6.07. The highest BCUT2D eigenvalue weighted by Crippen LogP contribution is 2.20. The summed E-state index contributed by atoms with van der Waals surface area (Å²) < 4.78 is 12.8.